The van der Waals surface area contributed by atoms with E-state index >= 15 is 0 Å². The van der Waals surface area contributed by atoms with E-state index in [4.69, 9.17) is 11.6 Å². The number of benzene rings is 1. The molecule has 1 N–H and O–H groups in total. The molecule has 0 radical (unpaired) electrons. The molecule has 0 aliphatic rings. The third kappa shape index (κ3) is 2.51. The Morgan fingerprint density at radius 3 is 2.80 bits per heavy atom. The Bertz CT molecular complexity index is 749. The number of nitrogens with zero attached hydrogens (tertiary/aromatic N) is 2. The molecular formula is C15H12ClN3O. The zero-order chi connectivity index (χ0) is 13.9. The van der Waals surface area contributed by atoms with Crippen molar-refractivity contribution in [2.24, 2.45) is 0 Å². The Balaban J connectivity index is 1.73. The van der Waals surface area contributed by atoms with Crippen LogP contribution in [0.3, 0.4) is 0 Å². The van der Waals surface area contributed by atoms with E-state index < -0.39 is 0 Å². The summed E-state index contributed by atoms with van der Waals surface area (Å²) in [6.45, 7) is 0.439. The molecule has 0 atom stereocenters. The zero-order valence-electron chi connectivity index (χ0n) is 10.6. The van der Waals surface area contributed by atoms with Crippen LogP contribution in [0.15, 0.2) is 54.9 Å². The lowest BCUT2D eigenvalue weighted by Crippen LogP contribution is -2.22. The summed E-state index contributed by atoms with van der Waals surface area (Å²) in [7, 11) is 0. The lowest BCUT2D eigenvalue weighted by atomic mass is 10.2. The quantitative estimate of drug-likeness (QED) is 0.804. The van der Waals surface area contributed by atoms with Crippen LogP contribution < -0.4 is 5.32 Å². The zero-order valence-corrected chi connectivity index (χ0v) is 11.3. The van der Waals surface area contributed by atoms with Crippen LogP contribution in [0.4, 0.5) is 0 Å². The average molecular weight is 286 g/mol. The van der Waals surface area contributed by atoms with E-state index in [2.05, 4.69) is 10.4 Å². The van der Waals surface area contributed by atoms with Gasteiger partial charge in [-0.25, -0.2) is 4.52 Å². The first-order valence-corrected chi connectivity index (χ1v) is 6.57. The van der Waals surface area contributed by atoms with Crippen LogP contribution in [0.1, 0.15) is 15.9 Å². The smallest absolute Gasteiger partial charge is 0.251 e. The van der Waals surface area contributed by atoms with Gasteiger partial charge in [-0.15, -0.1) is 0 Å². The topological polar surface area (TPSA) is 46.4 Å². The van der Waals surface area contributed by atoms with E-state index in [0.717, 1.165) is 11.1 Å². The fourth-order valence-corrected chi connectivity index (χ4v) is 2.13. The van der Waals surface area contributed by atoms with Crippen molar-refractivity contribution in [3.05, 3.63) is 71.0 Å². The number of halogens is 1. The molecule has 1 aromatic carbocycles. The summed E-state index contributed by atoms with van der Waals surface area (Å²) >= 11 is 5.80. The maximum Gasteiger partial charge on any atom is 0.251 e. The molecule has 3 aromatic rings. The second kappa shape index (κ2) is 5.35. The van der Waals surface area contributed by atoms with Crippen LogP contribution in [0.5, 0.6) is 0 Å². The number of nitrogens with one attached hydrogen (secondary N) is 1. The van der Waals surface area contributed by atoms with Crippen LogP contribution in [0.25, 0.3) is 5.52 Å². The van der Waals surface area contributed by atoms with Gasteiger partial charge in [-0.1, -0.05) is 17.7 Å². The van der Waals surface area contributed by atoms with Gasteiger partial charge in [-0.05, 0) is 36.4 Å². The summed E-state index contributed by atoms with van der Waals surface area (Å²) in [6, 6.07) is 12.6. The Hall–Kier alpha value is -2.33. The summed E-state index contributed by atoms with van der Waals surface area (Å²) < 4.78 is 1.78. The largest absolute Gasteiger partial charge is 0.348 e. The molecule has 0 spiro atoms. The fourth-order valence-electron chi connectivity index (χ4n) is 2.00. The van der Waals surface area contributed by atoms with Gasteiger partial charge in [0.15, 0.2) is 0 Å². The number of amides is 1. The van der Waals surface area contributed by atoms with E-state index in [1.807, 2.05) is 24.4 Å². The number of pyridine rings is 1. The van der Waals surface area contributed by atoms with Crippen molar-refractivity contribution in [2.75, 3.05) is 0 Å². The molecule has 5 heteroatoms. The van der Waals surface area contributed by atoms with E-state index in [9.17, 15) is 4.79 Å². The van der Waals surface area contributed by atoms with Crippen molar-refractivity contribution in [3.8, 4) is 0 Å². The van der Waals surface area contributed by atoms with Crippen molar-refractivity contribution in [1.82, 2.24) is 14.9 Å². The highest BCUT2D eigenvalue weighted by atomic mass is 35.5. The summed E-state index contributed by atoms with van der Waals surface area (Å²) in [4.78, 5) is 12.0. The summed E-state index contributed by atoms with van der Waals surface area (Å²) in [6.07, 6.45) is 3.64. The average Bonchev–Trinajstić information content (AvgIpc) is 2.89. The SMILES string of the molecule is O=C(NCc1cnn2ccccc12)c1ccc(Cl)cc1. The predicted molar refractivity (Wildman–Crippen MR) is 77.8 cm³/mol. The molecule has 4 nitrogen and oxygen atoms in total. The standard InChI is InChI=1S/C15H12ClN3O/c16-13-6-4-11(5-7-13)15(20)17-9-12-10-18-19-8-2-1-3-14(12)19/h1-8,10H,9H2,(H,17,20). The maximum atomic E-state index is 12.0. The van der Waals surface area contributed by atoms with E-state index in [1.54, 1.807) is 35.0 Å². The molecule has 1 amide bonds. The third-order valence-electron chi connectivity index (χ3n) is 3.05. The Morgan fingerprint density at radius 2 is 2.00 bits per heavy atom. The molecule has 0 saturated carbocycles. The molecule has 100 valence electrons. The van der Waals surface area contributed by atoms with Crippen molar-refractivity contribution in [2.45, 2.75) is 6.54 Å². The number of aromatic nitrogens is 2. The minimum Gasteiger partial charge on any atom is -0.348 e. The van der Waals surface area contributed by atoms with E-state index in [0.29, 0.717) is 17.1 Å². The lowest BCUT2D eigenvalue weighted by Gasteiger charge is -2.04. The Labute approximate surface area is 121 Å². The highest BCUT2D eigenvalue weighted by Crippen LogP contribution is 2.11. The molecule has 0 unspecified atom stereocenters. The fraction of sp³-hybridized carbons (Fsp3) is 0.0667. The minimum absolute atomic E-state index is 0.128. The maximum absolute atomic E-state index is 12.0. The summed E-state index contributed by atoms with van der Waals surface area (Å²) in [5, 5.41) is 7.72. The Kier molecular flexibility index (Phi) is 3.39. The van der Waals surface area contributed by atoms with Gasteiger partial charge in [0.2, 0.25) is 0 Å². The molecule has 0 bridgehead atoms. The predicted octanol–water partition coefficient (Wildman–Crippen LogP) is 2.92. The number of rotatable bonds is 3. The number of carbonyl (C=O) groups is 1. The van der Waals surface area contributed by atoms with Gasteiger partial charge in [0.05, 0.1) is 11.7 Å². The van der Waals surface area contributed by atoms with Gasteiger partial charge in [-0.2, -0.15) is 5.10 Å². The van der Waals surface area contributed by atoms with Gasteiger partial charge in [0, 0.05) is 28.9 Å². The third-order valence-corrected chi connectivity index (χ3v) is 3.30. The number of carbonyl (C=O) groups excluding carboxylic acids is 1. The van der Waals surface area contributed by atoms with Crippen molar-refractivity contribution < 1.29 is 4.79 Å². The molecule has 3 rings (SSSR count). The summed E-state index contributed by atoms with van der Waals surface area (Å²) in [5.74, 6) is -0.128. The minimum atomic E-state index is -0.128. The van der Waals surface area contributed by atoms with Gasteiger partial charge >= 0.3 is 0 Å². The molecule has 0 aliphatic heterocycles. The monoisotopic (exact) mass is 285 g/mol. The first kappa shape index (κ1) is 12.7. The summed E-state index contributed by atoms with van der Waals surface area (Å²) in [5.41, 5.74) is 2.56. The number of hydrogen-bond acceptors (Lipinski definition) is 2. The molecular weight excluding hydrogens is 274 g/mol. The van der Waals surface area contributed by atoms with Crippen molar-refractivity contribution in [1.29, 1.82) is 0 Å². The van der Waals surface area contributed by atoms with Crippen molar-refractivity contribution in [3.63, 3.8) is 0 Å². The normalized spacial score (nSPS) is 10.7. The molecule has 2 heterocycles. The van der Waals surface area contributed by atoms with Gasteiger partial charge in [0.1, 0.15) is 0 Å². The van der Waals surface area contributed by atoms with Crippen molar-refractivity contribution >= 4 is 23.0 Å². The molecule has 20 heavy (non-hydrogen) atoms. The number of fused-ring (bicyclic) bond motifs is 1. The van der Waals surface area contributed by atoms with Gasteiger partial charge in [0.25, 0.3) is 5.91 Å². The molecule has 0 saturated heterocycles. The van der Waals surface area contributed by atoms with E-state index in [1.165, 1.54) is 0 Å². The van der Waals surface area contributed by atoms with Crippen LogP contribution in [0, 0.1) is 0 Å². The van der Waals surface area contributed by atoms with Crippen LogP contribution >= 0.6 is 11.6 Å². The Morgan fingerprint density at radius 1 is 1.20 bits per heavy atom. The molecule has 0 fully saturated rings. The highest BCUT2D eigenvalue weighted by molar-refractivity contribution is 6.30. The van der Waals surface area contributed by atoms with Crippen LogP contribution in [-0.2, 0) is 6.54 Å². The molecule has 0 aliphatic carbocycles. The molecule has 2 aromatic heterocycles. The first-order chi connectivity index (χ1) is 9.74. The van der Waals surface area contributed by atoms with Gasteiger partial charge in [-0.3, -0.25) is 4.79 Å². The van der Waals surface area contributed by atoms with Gasteiger partial charge < -0.3 is 5.32 Å². The van der Waals surface area contributed by atoms with Crippen LogP contribution in [0.2, 0.25) is 5.02 Å². The first-order valence-electron chi connectivity index (χ1n) is 6.19. The number of hydrogen-bond donors (Lipinski definition) is 1. The lowest BCUT2D eigenvalue weighted by molar-refractivity contribution is 0.0951. The van der Waals surface area contributed by atoms with Crippen LogP contribution in [-0.4, -0.2) is 15.5 Å². The van der Waals surface area contributed by atoms with E-state index in [-0.39, 0.29) is 5.91 Å². The second-order valence-electron chi connectivity index (χ2n) is 4.39. The second-order valence-corrected chi connectivity index (χ2v) is 4.83. The highest BCUT2D eigenvalue weighted by Gasteiger charge is 2.07.